The van der Waals surface area contributed by atoms with Gasteiger partial charge in [0.25, 0.3) is 0 Å². The van der Waals surface area contributed by atoms with Crippen molar-refractivity contribution in [3.8, 4) is 5.75 Å². The van der Waals surface area contributed by atoms with Gasteiger partial charge >= 0.3 is 0 Å². The van der Waals surface area contributed by atoms with E-state index in [-0.39, 0.29) is 0 Å². The minimum atomic E-state index is 0.729. The maximum atomic E-state index is 5.31. The van der Waals surface area contributed by atoms with Crippen molar-refractivity contribution in [1.82, 2.24) is 5.32 Å². The SMILES string of the molecule is COc1cccc(CC(CNC2CC2)CC(C)C)c1. The zero-order valence-corrected chi connectivity index (χ0v) is 12.5. The second kappa shape index (κ2) is 6.95. The summed E-state index contributed by atoms with van der Waals surface area (Å²) in [5.74, 6) is 2.46. The molecule has 0 spiro atoms. The molecule has 0 heterocycles. The molecule has 0 bridgehead atoms. The van der Waals surface area contributed by atoms with Crippen LogP contribution in [0.25, 0.3) is 0 Å². The van der Waals surface area contributed by atoms with Gasteiger partial charge in [0.1, 0.15) is 5.75 Å². The molecule has 2 heteroatoms. The quantitative estimate of drug-likeness (QED) is 0.771. The number of ether oxygens (including phenoxy) is 1. The van der Waals surface area contributed by atoms with E-state index in [0.717, 1.165) is 36.6 Å². The molecule has 0 aromatic heterocycles. The number of hydrogen-bond donors (Lipinski definition) is 1. The normalized spacial score (nSPS) is 16.6. The van der Waals surface area contributed by atoms with Gasteiger partial charge in [0.15, 0.2) is 0 Å². The van der Waals surface area contributed by atoms with Gasteiger partial charge in [0.05, 0.1) is 7.11 Å². The zero-order chi connectivity index (χ0) is 13.7. The highest BCUT2D eigenvalue weighted by Gasteiger charge is 2.22. The molecule has 2 rings (SSSR count). The van der Waals surface area contributed by atoms with Crippen molar-refractivity contribution in [3.05, 3.63) is 29.8 Å². The van der Waals surface area contributed by atoms with E-state index < -0.39 is 0 Å². The number of nitrogens with one attached hydrogen (secondary N) is 1. The third-order valence-electron chi connectivity index (χ3n) is 3.74. The van der Waals surface area contributed by atoms with Gasteiger partial charge in [-0.3, -0.25) is 0 Å². The molecular formula is C17H27NO. The Morgan fingerprint density at radius 2 is 2.11 bits per heavy atom. The largest absolute Gasteiger partial charge is 0.497 e. The third kappa shape index (κ3) is 5.23. The molecule has 1 saturated carbocycles. The Morgan fingerprint density at radius 1 is 1.32 bits per heavy atom. The standard InChI is InChI=1S/C17H27NO/c1-13(2)9-15(12-18-16-7-8-16)10-14-5-4-6-17(11-14)19-3/h4-6,11,13,15-16,18H,7-10,12H2,1-3H3. The second-order valence-electron chi connectivity index (χ2n) is 6.23. The van der Waals surface area contributed by atoms with Crippen molar-refractivity contribution in [2.75, 3.05) is 13.7 Å². The monoisotopic (exact) mass is 261 g/mol. The lowest BCUT2D eigenvalue weighted by Crippen LogP contribution is -2.27. The molecule has 0 radical (unpaired) electrons. The number of hydrogen-bond acceptors (Lipinski definition) is 2. The van der Waals surface area contributed by atoms with Gasteiger partial charge < -0.3 is 10.1 Å². The molecule has 1 unspecified atom stereocenters. The molecule has 106 valence electrons. The molecule has 1 atom stereocenters. The van der Waals surface area contributed by atoms with Gasteiger partial charge in [-0.15, -0.1) is 0 Å². The Bertz CT molecular complexity index is 385. The maximum Gasteiger partial charge on any atom is 0.119 e. The fraction of sp³-hybridized carbons (Fsp3) is 0.647. The highest BCUT2D eigenvalue weighted by molar-refractivity contribution is 5.28. The lowest BCUT2D eigenvalue weighted by molar-refractivity contribution is 0.382. The molecule has 1 fully saturated rings. The van der Waals surface area contributed by atoms with Gasteiger partial charge in [-0.1, -0.05) is 26.0 Å². The summed E-state index contributed by atoms with van der Waals surface area (Å²) < 4.78 is 5.31. The molecule has 1 aliphatic rings. The van der Waals surface area contributed by atoms with Gasteiger partial charge in [-0.25, -0.2) is 0 Å². The highest BCUT2D eigenvalue weighted by Crippen LogP contribution is 2.23. The van der Waals surface area contributed by atoms with E-state index in [9.17, 15) is 0 Å². The topological polar surface area (TPSA) is 21.3 Å². The van der Waals surface area contributed by atoms with Crippen molar-refractivity contribution >= 4 is 0 Å². The lowest BCUT2D eigenvalue weighted by atomic mass is 9.91. The first-order chi connectivity index (χ1) is 9.17. The summed E-state index contributed by atoms with van der Waals surface area (Å²) in [6.45, 7) is 5.78. The van der Waals surface area contributed by atoms with Crippen molar-refractivity contribution < 1.29 is 4.74 Å². The fourth-order valence-electron chi connectivity index (χ4n) is 2.66. The van der Waals surface area contributed by atoms with Gasteiger partial charge in [-0.2, -0.15) is 0 Å². The smallest absolute Gasteiger partial charge is 0.119 e. The van der Waals surface area contributed by atoms with Crippen LogP contribution in [0.2, 0.25) is 0 Å². The molecule has 19 heavy (non-hydrogen) atoms. The van der Waals surface area contributed by atoms with Crippen molar-refractivity contribution in [1.29, 1.82) is 0 Å². The van der Waals surface area contributed by atoms with E-state index in [1.165, 1.54) is 24.8 Å². The van der Waals surface area contributed by atoms with Crippen LogP contribution >= 0.6 is 0 Å². The first-order valence-corrected chi connectivity index (χ1v) is 7.53. The number of rotatable bonds is 8. The third-order valence-corrected chi connectivity index (χ3v) is 3.74. The minimum absolute atomic E-state index is 0.729. The van der Waals surface area contributed by atoms with Crippen LogP contribution in [-0.4, -0.2) is 19.7 Å². The molecule has 1 aromatic carbocycles. The maximum absolute atomic E-state index is 5.31. The van der Waals surface area contributed by atoms with Crippen LogP contribution in [0.4, 0.5) is 0 Å². The van der Waals surface area contributed by atoms with Gasteiger partial charge in [0.2, 0.25) is 0 Å². The summed E-state index contributed by atoms with van der Waals surface area (Å²) in [7, 11) is 1.74. The van der Waals surface area contributed by atoms with Gasteiger partial charge in [-0.05, 0) is 61.8 Å². The van der Waals surface area contributed by atoms with Crippen molar-refractivity contribution in [2.45, 2.75) is 45.6 Å². The summed E-state index contributed by atoms with van der Waals surface area (Å²) in [6.07, 6.45) is 5.17. The molecule has 0 saturated heterocycles. The van der Waals surface area contributed by atoms with Crippen LogP contribution in [0.3, 0.4) is 0 Å². The molecule has 1 aliphatic carbocycles. The zero-order valence-electron chi connectivity index (χ0n) is 12.5. The van der Waals surface area contributed by atoms with Crippen LogP contribution in [0.5, 0.6) is 5.75 Å². The van der Waals surface area contributed by atoms with E-state index in [1.807, 2.05) is 6.07 Å². The first-order valence-electron chi connectivity index (χ1n) is 7.53. The van der Waals surface area contributed by atoms with Crippen LogP contribution < -0.4 is 10.1 Å². The molecule has 1 aromatic rings. The summed E-state index contributed by atoms with van der Waals surface area (Å²) >= 11 is 0. The molecule has 0 aliphatic heterocycles. The first kappa shape index (κ1) is 14.4. The summed E-state index contributed by atoms with van der Waals surface area (Å²) in [4.78, 5) is 0. The van der Waals surface area contributed by atoms with Gasteiger partial charge in [0, 0.05) is 6.04 Å². The lowest BCUT2D eigenvalue weighted by Gasteiger charge is -2.20. The Kier molecular flexibility index (Phi) is 5.26. The summed E-state index contributed by atoms with van der Waals surface area (Å²) in [5.41, 5.74) is 1.39. The molecular weight excluding hydrogens is 234 g/mol. The molecule has 1 N–H and O–H groups in total. The van der Waals surface area contributed by atoms with E-state index in [0.29, 0.717) is 0 Å². The Morgan fingerprint density at radius 3 is 2.74 bits per heavy atom. The summed E-state index contributed by atoms with van der Waals surface area (Å²) in [5, 5.41) is 3.68. The van der Waals surface area contributed by atoms with E-state index in [1.54, 1.807) is 7.11 Å². The number of methoxy groups -OCH3 is 1. The highest BCUT2D eigenvalue weighted by atomic mass is 16.5. The van der Waals surface area contributed by atoms with E-state index in [2.05, 4.69) is 37.4 Å². The van der Waals surface area contributed by atoms with E-state index in [4.69, 9.17) is 4.74 Å². The van der Waals surface area contributed by atoms with Crippen LogP contribution in [0.15, 0.2) is 24.3 Å². The van der Waals surface area contributed by atoms with Crippen molar-refractivity contribution in [3.63, 3.8) is 0 Å². The van der Waals surface area contributed by atoms with E-state index >= 15 is 0 Å². The Labute approximate surface area is 117 Å². The molecule has 0 amide bonds. The Balaban J connectivity index is 1.91. The fourth-order valence-corrected chi connectivity index (χ4v) is 2.66. The predicted octanol–water partition coefficient (Wildman–Crippen LogP) is 3.65. The minimum Gasteiger partial charge on any atom is -0.497 e. The van der Waals surface area contributed by atoms with Crippen LogP contribution in [0, 0.1) is 11.8 Å². The predicted molar refractivity (Wildman–Crippen MR) is 80.7 cm³/mol. The van der Waals surface area contributed by atoms with Crippen molar-refractivity contribution in [2.24, 2.45) is 11.8 Å². The van der Waals surface area contributed by atoms with Crippen LogP contribution in [0.1, 0.15) is 38.7 Å². The average molecular weight is 261 g/mol. The van der Waals surface area contributed by atoms with Crippen LogP contribution in [-0.2, 0) is 6.42 Å². The Hall–Kier alpha value is -1.02. The second-order valence-corrected chi connectivity index (χ2v) is 6.23. The summed E-state index contributed by atoms with van der Waals surface area (Å²) in [6, 6.07) is 9.30. The average Bonchev–Trinajstić information content (AvgIpc) is 3.19. The number of benzene rings is 1. The molecule has 2 nitrogen and oxygen atoms in total.